The summed E-state index contributed by atoms with van der Waals surface area (Å²) in [6, 6.07) is 10.6. The summed E-state index contributed by atoms with van der Waals surface area (Å²) in [5, 5.41) is 2.63. The van der Waals surface area contributed by atoms with E-state index in [0.29, 0.717) is 5.69 Å². The number of anilines is 2. The van der Waals surface area contributed by atoms with Crippen molar-refractivity contribution in [3.63, 3.8) is 0 Å². The van der Waals surface area contributed by atoms with Crippen LogP contribution in [0.4, 0.5) is 15.8 Å². The van der Waals surface area contributed by atoms with Gasteiger partial charge in [-0.25, -0.2) is 17.5 Å². The molecule has 2 N–H and O–H groups in total. The van der Waals surface area contributed by atoms with Gasteiger partial charge >= 0.3 is 0 Å². The molecule has 1 fully saturated rings. The van der Waals surface area contributed by atoms with Crippen LogP contribution in [0.3, 0.4) is 0 Å². The molecular weight excluding hydrogens is 393 g/mol. The molecule has 3 rings (SSSR count). The van der Waals surface area contributed by atoms with Crippen molar-refractivity contribution in [1.82, 2.24) is 4.72 Å². The Kier molecular flexibility index (Phi) is 6.54. The molecule has 1 aliphatic rings. The topological polar surface area (TPSA) is 78.5 Å². The summed E-state index contributed by atoms with van der Waals surface area (Å²) in [6.07, 6.45) is 2.31. The lowest BCUT2D eigenvalue weighted by atomic mass is 9.99. The van der Waals surface area contributed by atoms with Gasteiger partial charge in [0.15, 0.2) is 0 Å². The number of hydrogen-bond donors (Lipinski definition) is 2. The van der Waals surface area contributed by atoms with Crippen LogP contribution in [0.1, 0.15) is 37.0 Å². The zero-order valence-electron chi connectivity index (χ0n) is 16.6. The van der Waals surface area contributed by atoms with Crippen molar-refractivity contribution in [3.8, 4) is 0 Å². The van der Waals surface area contributed by atoms with E-state index in [0.717, 1.165) is 55.7 Å². The number of sulfonamides is 1. The molecule has 6 nitrogen and oxygen atoms in total. The molecule has 8 heteroatoms. The van der Waals surface area contributed by atoms with Crippen LogP contribution in [0.5, 0.6) is 0 Å². The Morgan fingerprint density at radius 2 is 1.79 bits per heavy atom. The van der Waals surface area contributed by atoms with E-state index in [9.17, 15) is 17.6 Å². The van der Waals surface area contributed by atoms with Crippen molar-refractivity contribution in [2.24, 2.45) is 5.92 Å². The minimum absolute atomic E-state index is 0.152. The van der Waals surface area contributed by atoms with Crippen LogP contribution in [0.2, 0.25) is 0 Å². The zero-order chi connectivity index (χ0) is 21.0. The lowest BCUT2D eigenvalue weighted by Crippen LogP contribution is -2.32. The predicted molar refractivity (Wildman–Crippen MR) is 112 cm³/mol. The summed E-state index contributed by atoms with van der Waals surface area (Å²) >= 11 is 0. The van der Waals surface area contributed by atoms with Gasteiger partial charge in [-0.2, -0.15) is 0 Å². The Hall–Kier alpha value is -2.45. The summed E-state index contributed by atoms with van der Waals surface area (Å²) in [5.74, 6) is -0.737. The molecule has 0 bridgehead atoms. The van der Waals surface area contributed by atoms with Crippen molar-refractivity contribution < 1.29 is 17.6 Å². The minimum Gasteiger partial charge on any atom is -0.372 e. The Labute approximate surface area is 171 Å². The number of nitrogens with one attached hydrogen (secondary N) is 2. The van der Waals surface area contributed by atoms with E-state index in [2.05, 4.69) is 21.9 Å². The van der Waals surface area contributed by atoms with Gasteiger partial charge in [0.25, 0.3) is 5.91 Å². The van der Waals surface area contributed by atoms with Gasteiger partial charge in [-0.1, -0.05) is 13.8 Å². The average Bonchev–Trinajstić information content (AvgIpc) is 2.69. The largest absolute Gasteiger partial charge is 0.372 e. The summed E-state index contributed by atoms with van der Waals surface area (Å²) in [6.45, 7) is 6.11. The van der Waals surface area contributed by atoms with Crippen molar-refractivity contribution in [1.29, 1.82) is 0 Å². The number of halogens is 1. The van der Waals surface area contributed by atoms with Gasteiger partial charge in [0.05, 0.1) is 10.5 Å². The fourth-order valence-electron chi connectivity index (χ4n) is 3.34. The number of hydrogen-bond acceptors (Lipinski definition) is 4. The van der Waals surface area contributed by atoms with Crippen molar-refractivity contribution in [3.05, 3.63) is 53.8 Å². The summed E-state index contributed by atoms with van der Waals surface area (Å²) in [5.41, 5.74) is 1.28. The first-order valence-corrected chi connectivity index (χ1v) is 11.2. The van der Waals surface area contributed by atoms with E-state index >= 15 is 0 Å². The standard InChI is InChI=1S/C21H26FN3O3S/c1-3-23-29(27,28)18-8-9-20(22)19(14-18)21(26)24-16-4-6-17(7-5-16)25-12-10-15(2)11-13-25/h4-9,14-15,23H,3,10-13H2,1-2H3,(H,24,26). The Morgan fingerprint density at radius 1 is 1.14 bits per heavy atom. The number of amides is 1. The lowest BCUT2D eigenvalue weighted by molar-refractivity contribution is 0.102. The van der Waals surface area contributed by atoms with Crippen LogP contribution in [0.15, 0.2) is 47.4 Å². The fourth-order valence-corrected chi connectivity index (χ4v) is 4.41. The molecule has 1 aliphatic heterocycles. The van der Waals surface area contributed by atoms with E-state index in [1.807, 2.05) is 12.1 Å². The first kappa shape index (κ1) is 21.3. The molecule has 0 unspecified atom stereocenters. The molecule has 0 spiro atoms. The van der Waals surface area contributed by atoms with Gasteiger partial charge in [-0.15, -0.1) is 0 Å². The zero-order valence-corrected chi connectivity index (χ0v) is 17.4. The SMILES string of the molecule is CCNS(=O)(=O)c1ccc(F)c(C(=O)Nc2ccc(N3CCC(C)CC3)cc2)c1. The number of piperidine rings is 1. The van der Waals surface area contributed by atoms with Gasteiger partial charge < -0.3 is 10.2 Å². The van der Waals surface area contributed by atoms with Crippen molar-refractivity contribution >= 4 is 27.3 Å². The second-order valence-electron chi connectivity index (χ2n) is 7.31. The third kappa shape index (κ3) is 5.13. The first-order chi connectivity index (χ1) is 13.8. The van der Waals surface area contributed by atoms with Crippen LogP contribution in [0, 0.1) is 11.7 Å². The number of carbonyl (C=O) groups excluding carboxylic acids is 1. The molecule has 0 aromatic heterocycles. The molecular formula is C21H26FN3O3S. The average molecular weight is 420 g/mol. The summed E-state index contributed by atoms with van der Waals surface area (Å²) in [7, 11) is -3.78. The van der Waals surface area contributed by atoms with Gasteiger partial charge in [0.2, 0.25) is 10.0 Å². The maximum atomic E-state index is 14.2. The van der Waals surface area contributed by atoms with Gasteiger partial charge in [-0.05, 0) is 61.2 Å². The van der Waals surface area contributed by atoms with E-state index < -0.39 is 21.7 Å². The Balaban J connectivity index is 1.73. The molecule has 0 atom stereocenters. The van der Waals surface area contributed by atoms with E-state index in [1.165, 1.54) is 0 Å². The highest BCUT2D eigenvalue weighted by atomic mass is 32.2. The Bertz CT molecular complexity index is 969. The molecule has 0 saturated carbocycles. The Morgan fingerprint density at radius 3 is 2.41 bits per heavy atom. The maximum Gasteiger partial charge on any atom is 0.258 e. The molecule has 1 amide bonds. The number of rotatable bonds is 6. The van der Waals surface area contributed by atoms with Crippen LogP contribution < -0.4 is 14.9 Å². The van der Waals surface area contributed by atoms with Crippen molar-refractivity contribution in [2.45, 2.75) is 31.6 Å². The second-order valence-corrected chi connectivity index (χ2v) is 9.08. The monoisotopic (exact) mass is 419 g/mol. The van der Waals surface area contributed by atoms with Crippen LogP contribution in [0.25, 0.3) is 0 Å². The molecule has 0 aliphatic carbocycles. The van der Waals surface area contributed by atoms with E-state index in [4.69, 9.17) is 0 Å². The minimum atomic E-state index is -3.78. The predicted octanol–water partition coefficient (Wildman–Crippen LogP) is 3.61. The van der Waals surface area contributed by atoms with Crippen LogP contribution in [-0.4, -0.2) is 34.0 Å². The van der Waals surface area contributed by atoms with E-state index in [-0.39, 0.29) is 17.0 Å². The number of benzene rings is 2. The maximum absolute atomic E-state index is 14.2. The highest BCUT2D eigenvalue weighted by Gasteiger charge is 2.19. The smallest absolute Gasteiger partial charge is 0.258 e. The summed E-state index contributed by atoms with van der Waals surface area (Å²) < 4.78 is 40.7. The third-order valence-corrected chi connectivity index (χ3v) is 6.64. The molecule has 2 aromatic rings. The van der Waals surface area contributed by atoms with Gasteiger partial charge in [0, 0.05) is 31.0 Å². The van der Waals surface area contributed by atoms with Crippen LogP contribution in [-0.2, 0) is 10.0 Å². The molecule has 1 heterocycles. The van der Waals surface area contributed by atoms with E-state index in [1.54, 1.807) is 19.1 Å². The van der Waals surface area contributed by atoms with Crippen molar-refractivity contribution in [2.75, 3.05) is 29.9 Å². The number of carbonyl (C=O) groups is 1. The highest BCUT2D eigenvalue weighted by molar-refractivity contribution is 7.89. The molecule has 2 aromatic carbocycles. The summed E-state index contributed by atoms with van der Waals surface area (Å²) in [4.78, 5) is 14.7. The molecule has 0 radical (unpaired) electrons. The second kappa shape index (κ2) is 8.92. The van der Waals surface area contributed by atoms with Gasteiger partial charge in [-0.3, -0.25) is 4.79 Å². The third-order valence-electron chi connectivity index (χ3n) is 5.10. The quantitative estimate of drug-likeness (QED) is 0.750. The number of nitrogens with zero attached hydrogens (tertiary/aromatic N) is 1. The van der Waals surface area contributed by atoms with Gasteiger partial charge in [0.1, 0.15) is 5.82 Å². The lowest BCUT2D eigenvalue weighted by Gasteiger charge is -2.32. The molecule has 29 heavy (non-hydrogen) atoms. The molecule has 156 valence electrons. The molecule has 1 saturated heterocycles. The normalized spacial score (nSPS) is 15.3. The fraction of sp³-hybridized carbons (Fsp3) is 0.381. The van der Waals surface area contributed by atoms with Crippen LogP contribution >= 0.6 is 0 Å². The first-order valence-electron chi connectivity index (χ1n) is 9.75. The highest BCUT2D eigenvalue weighted by Crippen LogP contribution is 2.25.